The number of benzene rings is 2. The minimum atomic E-state index is -4.94. The van der Waals surface area contributed by atoms with Gasteiger partial charge in [-0.15, -0.1) is 10.2 Å². The SMILES string of the molecule is Clc1cc(-c2ccccc2)[s+]c(-c2ccccc2)c1.[O-][Cl+3]([O-])([O-])[O-]. The van der Waals surface area contributed by atoms with Gasteiger partial charge in [0.05, 0.1) is 5.02 Å². The van der Waals surface area contributed by atoms with Crippen LogP contribution in [0.25, 0.3) is 20.9 Å². The molecule has 0 aliphatic heterocycles. The quantitative estimate of drug-likeness (QED) is 0.623. The summed E-state index contributed by atoms with van der Waals surface area (Å²) in [6.07, 6.45) is 0. The second kappa shape index (κ2) is 8.50. The molecule has 3 aromatic rings. The molecule has 0 fully saturated rings. The maximum atomic E-state index is 8.49. The summed E-state index contributed by atoms with van der Waals surface area (Å²) < 4.78 is 34.0. The Hall–Kier alpha value is -1.57. The second-order valence-electron chi connectivity index (χ2n) is 4.61. The first kappa shape index (κ1) is 18.8. The topological polar surface area (TPSA) is 92.2 Å². The highest BCUT2D eigenvalue weighted by molar-refractivity contribution is 7.18. The van der Waals surface area contributed by atoms with Crippen molar-refractivity contribution in [3.63, 3.8) is 0 Å². The molecule has 0 radical (unpaired) electrons. The van der Waals surface area contributed by atoms with Crippen LogP contribution >= 0.6 is 22.9 Å². The Balaban J connectivity index is 0.000000368. The monoisotopic (exact) mass is 382 g/mol. The van der Waals surface area contributed by atoms with Gasteiger partial charge >= 0.3 is 0 Å². The Morgan fingerprint density at radius 3 is 1.33 bits per heavy atom. The molecule has 2 aromatic carbocycles. The lowest BCUT2D eigenvalue weighted by Crippen LogP contribution is -2.68. The van der Waals surface area contributed by atoms with Gasteiger partial charge in [0.25, 0.3) is 0 Å². The van der Waals surface area contributed by atoms with Crippen LogP contribution in [0.2, 0.25) is 5.02 Å². The molecule has 0 bridgehead atoms. The van der Waals surface area contributed by atoms with E-state index in [2.05, 4.69) is 24.3 Å². The molecular formula is C17H12Cl2O4S. The van der Waals surface area contributed by atoms with Crippen molar-refractivity contribution < 1.29 is 28.9 Å². The molecule has 24 heavy (non-hydrogen) atoms. The largest absolute Gasteiger partial charge is 0.240 e. The average molecular weight is 383 g/mol. The van der Waals surface area contributed by atoms with E-state index in [0.29, 0.717) is 0 Å². The van der Waals surface area contributed by atoms with Crippen molar-refractivity contribution in [2.45, 2.75) is 0 Å². The summed E-state index contributed by atoms with van der Waals surface area (Å²) in [5, 5.41) is 0.774. The Bertz CT molecular complexity index is 714. The van der Waals surface area contributed by atoms with Gasteiger partial charge in [-0.05, 0) is 24.3 Å². The standard InChI is InChI=1S/C17H12ClS.ClHO4/c18-15-11-16(13-7-3-1-4-8-13)19-17(12-15)14-9-5-2-6-10-14;2-1(3,4)5/h1-12H;(H,2,3,4,5)/q+1;/p-1. The highest BCUT2D eigenvalue weighted by atomic mass is 35.7. The average Bonchev–Trinajstić information content (AvgIpc) is 2.54. The number of rotatable bonds is 2. The van der Waals surface area contributed by atoms with E-state index in [1.165, 1.54) is 20.9 Å². The first-order chi connectivity index (χ1) is 11.3. The van der Waals surface area contributed by atoms with E-state index in [-0.39, 0.29) is 0 Å². The molecule has 0 spiro atoms. The predicted octanol–water partition coefficient (Wildman–Crippen LogP) is 1.26. The lowest BCUT2D eigenvalue weighted by Gasteiger charge is -2.17. The van der Waals surface area contributed by atoms with E-state index in [0.717, 1.165) is 5.02 Å². The van der Waals surface area contributed by atoms with Gasteiger partial charge in [-0.1, -0.05) is 48.0 Å². The number of hydrogen-bond acceptors (Lipinski definition) is 4. The maximum Gasteiger partial charge on any atom is 0.240 e. The first-order valence-electron chi connectivity index (χ1n) is 6.69. The van der Waals surface area contributed by atoms with E-state index in [1.807, 2.05) is 48.5 Å². The van der Waals surface area contributed by atoms with Gasteiger partial charge in [-0.3, -0.25) is 0 Å². The van der Waals surface area contributed by atoms with Gasteiger partial charge in [0.1, 0.15) is 0 Å². The fourth-order valence-electron chi connectivity index (χ4n) is 1.96. The summed E-state index contributed by atoms with van der Waals surface area (Å²) in [6.45, 7) is 0. The molecule has 4 nitrogen and oxygen atoms in total. The summed E-state index contributed by atoms with van der Waals surface area (Å²) in [5.41, 5.74) is 2.40. The van der Waals surface area contributed by atoms with Crippen LogP contribution in [0.1, 0.15) is 0 Å². The summed E-state index contributed by atoms with van der Waals surface area (Å²) in [6, 6.07) is 24.7. The lowest BCUT2D eigenvalue weighted by molar-refractivity contribution is -2.00. The van der Waals surface area contributed by atoms with E-state index in [4.69, 9.17) is 30.2 Å². The zero-order valence-corrected chi connectivity index (χ0v) is 14.6. The van der Waals surface area contributed by atoms with Gasteiger partial charge in [0, 0.05) is 23.3 Å². The van der Waals surface area contributed by atoms with Crippen molar-refractivity contribution in [1.82, 2.24) is 0 Å². The molecule has 0 saturated heterocycles. The van der Waals surface area contributed by atoms with Gasteiger partial charge in [0.15, 0.2) is 0 Å². The third-order valence-corrected chi connectivity index (χ3v) is 4.24. The molecule has 0 atom stereocenters. The van der Waals surface area contributed by atoms with Crippen LogP contribution in [0.4, 0.5) is 0 Å². The maximum absolute atomic E-state index is 8.49. The molecule has 1 heterocycles. The van der Waals surface area contributed by atoms with Crippen molar-refractivity contribution in [1.29, 1.82) is 0 Å². The number of hydrogen-bond donors (Lipinski definition) is 0. The Kier molecular flexibility index (Phi) is 6.65. The van der Waals surface area contributed by atoms with Gasteiger partial charge in [-0.2, -0.15) is 0 Å². The Labute approximate surface area is 150 Å². The van der Waals surface area contributed by atoms with Crippen LogP contribution in [0, 0.1) is 10.2 Å². The first-order valence-corrected chi connectivity index (χ1v) is 9.12. The lowest BCUT2D eigenvalue weighted by atomic mass is 10.1. The number of halogens is 2. The Morgan fingerprint density at radius 2 is 1.00 bits per heavy atom. The van der Waals surface area contributed by atoms with E-state index < -0.39 is 10.2 Å². The van der Waals surface area contributed by atoms with Crippen LogP contribution < -0.4 is 18.6 Å². The minimum Gasteiger partial charge on any atom is -0.222 e. The second-order valence-corrected chi connectivity index (χ2v) is 6.89. The third-order valence-electron chi connectivity index (χ3n) is 2.87. The molecule has 0 unspecified atom stereocenters. The van der Waals surface area contributed by atoms with Crippen LogP contribution in [-0.2, 0) is 0 Å². The van der Waals surface area contributed by atoms with E-state index >= 15 is 0 Å². The van der Waals surface area contributed by atoms with Crippen molar-refractivity contribution in [3.8, 4) is 20.9 Å². The molecule has 3 rings (SSSR count). The highest BCUT2D eigenvalue weighted by Gasteiger charge is 2.17. The molecule has 1 aromatic heterocycles. The van der Waals surface area contributed by atoms with Crippen LogP contribution in [0.15, 0.2) is 72.8 Å². The summed E-state index contributed by atoms with van der Waals surface area (Å²) in [4.78, 5) is 2.37. The molecule has 0 saturated carbocycles. The smallest absolute Gasteiger partial charge is 0.222 e. The molecule has 0 N–H and O–H groups in total. The molecular weight excluding hydrogens is 371 g/mol. The van der Waals surface area contributed by atoms with Crippen molar-refractivity contribution in [2.24, 2.45) is 0 Å². The van der Waals surface area contributed by atoms with Gasteiger partial charge in [-0.25, -0.2) is 18.6 Å². The zero-order valence-electron chi connectivity index (χ0n) is 12.2. The third kappa shape index (κ3) is 6.51. The van der Waals surface area contributed by atoms with Gasteiger partial charge in [0.2, 0.25) is 21.1 Å². The van der Waals surface area contributed by atoms with E-state index in [9.17, 15) is 0 Å². The normalized spacial score (nSPS) is 10.7. The van der Waals surface area contributed by atoms with Crippen LogP contribution in [-0.4, -0.2) is 0 Å². The Morgan fingerprint density at radius 1 is 0.667 bits per heavy atom. The molecule has 0 aliphatic carbocycles. The van der Waals surface area contributed by atoms with Crippen LogP contribution in [0.5, 0.6) is 0 Å². The molecule has 0 aliphatic rings. The van der Waals surface area contributed by atoms with E-state index in [1.54, 1.807) is 11.3 Å². The van der Waals surface area contributed by atoms with Crippen molar-refractivity contribution in [2.75, 3.05) is 0 Å². The molecule has 7 heteroatoms. The summed E-state index contributed by atoms with van der Waals surface area (Å²) in [5.74, 6) is 0. The molecule has 124 valence electrons. The zero-order chi connectivity index (χ0) is 17.6. The fourth-order valence-corrected chi connectivity index (χ4v) is 3.42. The molecule has 0 amide bonds. The van der Waals surface area contributed by atoms with Crippen LogP contribution in [0.3, 0.4) is 0 Å². The van der Waals surface area contributed by atoms with Crippen molar-refractivity contribution in [3.05, 3.63) is 77.8 Å². The predicted molar refractivity (Wildman–Crippen MR) is 84.6 cm³/mol. The van der Waals surface area contributed by atoms with Crippen molar-refractivity contribution >= 4 is 22.9 Å². The highest BCUT2D eigenvalue weighted by Crippen LogP contribution is 2.35. The summed E-state index contributed by atoms with van der Waals surface area (Å²) >= 11 is 8.01. The minimum absolute atomic E-state index is 0.774. The summed E-state index contributed by atoms with van der Waals surface area (Å²) in [7, 11) is -4.94. The van der Waals surface area contributed by atoms with Gasteiger partial charge < -0.3 is 0 Å². The fraction of sp³-hybridized carbons (Fsp3) is 0.